The van der Waals surface area contributed by atoms with E-state index in [1.807, 2.05) is 0 Å². The first-order valence-electron chi connectivity index (χ1n) is 6.76. The van der Waals surface area contributed by atoms with Gasteiger partial charge >= 0.3 is 0 Å². The number of aliphatic hydroxyl groups excluding tert-OH is 1. The van der Waals surface area contributed by atoms with Crippen LogP contribution in [0.4, 0.5) is 0 Å². The number of aliphatic hydroxyl groups is 1. The van der Waals surface area contributed by atoms with Crippen molar-refractivity contribution in [1.82, 2.24) is 15.0 Å². The van der Waals surface area contributed by atoms with Gasteiger partial charge in [-0.2, -0.15) is 4.98 Å². The standard InChI is InChI=1S/C13H23N3O2/c1-9(2)6-13-14-12(15-18-13)8-16-5-4-10(3)11(17)7-16/h9-11,17H,4-8H2,1-3H3. The fourth-order valence-corrected chi connectivity index (χ4v) is 2.24. The molecule has 1 aromatic rings. The molecule has 0 saturated carbocycles. The second-order valence-corrected chi connectivity index (χ2v) is 5.77. The molecule has 18 heavy (non-hydrogen) atoms. The lowest BCUT2D eigenvalue weighted by Gasteiger charge is -2.33. The molecule has 1 aromatic heterocycles. The van der Waals surface area contributed by atoms with Crippen LogP contribution >= 0.6 is 0 Å². The third kappa shape index (κ3) is 3.53. The molecule has 1 N–H and O–H groups in total. The van der Waals surface area contributed by atoms with Gasteiger partial charge in [-0.25, -0.2) is 0 Å². The monoisotopic (exact) mass is 253 g/mol. The molecule has 2 heterocycles. The molecule has 1 fully saturated rings. The van der Waals surface area contributed by atoms with Crippen LogP contribution in [-0.2, 0) is 13.0 Å². The molecule has 1 aliphatic heterocycles. The van der Waals surface area contributed by atoms with Crippen molar-refractivity contribution >= 4 is 0 Å². The highest BCUT2D eigenvalue weighted by atomic mass is 16.5. The maximum Gasteiger partial charge on any atom is 0.226 e. The largest absolute Gasteiger partial charge is 0.392 e. The van der Waals surface area contributed by atoms with Crippen molar-refractivity contribution in [3.8, 4) is 0 Å². The number of likely N-dealkylation sites (tertiary alicyclic amines) is 1. The minimum absolute atomic E-state index is 0.235. The number of hydrogen-bond donors (Lipinski definition) is 1. The van der Waals surface area contributed by atoms with E-state index in [0.717, 1.165) is 25.2 Å². The van der Waals surface area contributed by atoms with Gasteiger partial charge in [-0.05, 0) is 24.8 Å². The summed E-state index contributed by atoms with van der Waals surface area (Å²) in [7, 11) is 0. The molecule has 5 nitrogen and oxygen atoms in total. The summed E-state index contributed by atoms with van der Waals surface area (Å²) >= 11 is 0. The molecular weight excluding hydrogens is 230 g/mol. The molecule has 0 aliphatic carbocycles. The first-order valence-corrected chi connectivity index (χ1v) is 6.76. The highest BCUT2D eigenvalue weighted by Gasteiger charge is 2.25. The summed E-state index contributed by atoms with van der Waals surface area (Å²) in [6.45, 7) is 8.72. The summed E-state index contributed by atoms with van der Waals surface area (Å²) < 4.78 is 5.21. The van der Waals surface area contributed by atoms with Gasteiger partial charge in [-0.15, -0.1) is 0 Å². The van der Waals surface area contributed by atoms with E-state index in [4.69, 9.17) is 4.52 Å². The quantitative estimate of drug-likeness (QED) is 0.880. The summed E-state index contributed by atoms with van der Waals surface area (Å²) in [5.74, 6) is 2.36. The molecule has 0 bridgehead atoms. The normalized spacial score (nSPS) is 25.8. The van der Waals surface area contributed by atoms with Gasteiger partial charge in [-0.1, -0.05) is 25.9 Å². The van der Waals surface area contributed by atoms with Crippen molar-refractivity contribution in [2.24, 2.45) is 11.8 Å². The van der Waals surface area contributed by atoms with Gasteiger partial charge in [0.2, 0.25) is 5.89 Å². The molecule has 0 aromatic carbocycles. The maximum absolute atomic E-state index is 9.84. The van der Waals surface area contributed by atoms with Crippen LogP contribution in [-0.4, -0.2) is 39.3 Å². The van der Waals surface area contributed by atoms with Crippen LogP contribution in [0.3, 0.4) is 0 Å². The van der Waals surface area contributed by atoms with Gasteiger partial charge in [0.25, 0.3) is 0 Å². The summed E-state index contributed by atoms with van der Waals surface area (Å²) in [5, 5.41) is 13.8. The van der Waals surface area contributed by atoms with Gasteiger partial charge in [-0.3, -0.25) is 4.90 Å². The van der Waals surface area contributed by atoms with E-state index in [1.165, 1.54) is 0 Å². The molecule has 0 spiro atoms. The van der Waals surface area contributed by atoms with Gasteiger partial charge in [0.15, 0.2) is 5.82 Å². The summed E-state index contributed by atoms with van der Waals surface area (Å²) in [5.41, 5.74) is 0. The van der Waals surface area contributed by atoms with Crippen molar-refractivity contribution in [3.63, 3.8) is 0 Å². The lowest BCUT2D eigenvalue weighted by molar-refractivity contribution is 0.0246. The van der Waals surface area contributed by atoms with E-state index in [-0.39, 0.29) is 6.10 Å². The Bertz CT molecular complexity index is 378. The number of rotatable bonds is 4. The molecule has 5 heteroatoms. The first-order chi connectivity index (χ1) is 8.54. The minimum Gasteiger partial charge on any atom is -0.392 e. The fraction of sp³-hybridized carbons (Fsp3) is 0.846. The third-order valence-electron chi connectivity index (χ3n) is 3.46. The van der Waals surface area contributed by atoms with Crippen LogP contribution in [0.2, 0.25) is 0 Å². The molecule has 2 unspecified atom stereocenters. The smallest absolute Gasteiger partial charge is 0.226 e. The average Bonchev–Trinajstić information content (AvgIpc) is 2.70. The summed E-state index contributed by atoms with van der Waals surface area (Å²) in [6, 6.07) is 0. The summed E-state index contributed by atoms with van der Waals surface area (Å²) in [4.78, 5) is 6.58. The molecule has 2 rings (SSSR count). The number of piperidine rings is 1. The zero-order valence-electron chi connectivity index (χ0n) is 11.5. The van der Waals surface area contributed by atoms with Crippen molar-refractivity contribution in [1.29, 1.82) is 0 Å². The lowest BCUT2D eigenvalue weighted by atomic mass is 9.96. The Kier molecular flexibility index (Phi) is 4.35. The van der Waals surface area contributed by atoms with E-state index in [9.17, 15) is 5.11 Å². The SMILES string of the molecule is CC(C)Cc1nc(CN2CCC(C)C(O)C2)no1. The van der Waals surface area contributed by atoms with E-state index >= 15 is 0 Å². The molecule has 2 atom stereocenters. The third-order valence-corrected chi connectivity index (χ3v) is 3.46. The van der Waals surface area contributed by atoms with Crippen LogP contribution in [0.25, 0.3) is 0 Å². The Morgan fingerprint density at radius 3 is 2.94 bits per heavy atom. The van der Waals surface area contributed by atoms with E-state index in [1.54, 1.807) is 0 Å². The van der Waals surface area contributed by atoms with Crippen molar-refractivity contribution in [2.75, 3.05) is 13.1 Å². The Morgan fingerprint density at radius 2 is 2.28 bits per heavy atom. The molecule has 0 radical (unpaired) electrons. The molecule has 1 aliphatic rings. The highest BCUT2D eigenvalue weighted by Crippen LogP contribution is 2.18. The Morgan fingerprint density at radius 1 is 1.50 bits per heavy atom. The number of aromatic nitrogens is 2. The van der Waals surface area contributed by atoms with Gasteiger partial charge in [0.1, 0.15) is 0 Å². The molecule has 102 valence electrons. The second-order valence-electron chi connectivity index (χ2n) is 5.77. The van der Waals surface area contributed by atoms with Gasteiger partial charge in [0, 0.05) is 13.0 Å². The minimum atomic E-state index is -0.235. The zero-order chi connectivity index (χ0) is 13.1. The van der Waals surface area contributed by atoms with E-state index < -0.39 is 0 Å². The van der Waals surface area contributed by atoms with Gasteiger partial charge < -0.3 is 9.63 Å². The lowest BCUT2D eigenvalue weighted by Crippen LogP contribution is -2.42. The molecular formula is C13H23N3O2. The van der Waals surface area contributed by atoms with Crippen LogP contribution < -0.4 is 0 Å². The first kappa shape index (κ1) is 13.5. The molecule has 0 amide bonds. The van der Waals surface area contributed by atoms with Crippen molar-refractivity contribution in [2.45, 2.75) is 46.3 Å². The van der Waals surface area contributed by atoms with E-state index in [0.29, 0.717) is 30.8 Å². The summed E-state index contributed by atoms with van der Waals surface area (Å²) in [6.07, 6.45) is 1.62. The number of nitrogens with zero attached hydrogens (tertiary/aromatic N) is 3. The fourth-order valence-electron chi connectivity index (χ4n) is 2.24. The molecule has 1 saturated heterocycles. The van der Waals surface area contributed by atoms with Crippen LogP contribution in [0.5, 0.6) is 0 Å². The van der Waals surface area contributed by atoms with Crippen molar-refractivity contribution < 1.29 is 9.63 Å². The second kappa shape index (κ2) is 5.80. The van der Waals surface area contributed by atoms with Crippen molar-refractivity contribution in [3.05, 3.63) is 11.7 Å². The predicted molar refractivity (Wildman–Crippen MR) is 67.9 cm³/mol. The van der Waals surface area contributed by atoms with Gasteiger partial charge in [0.05, 0.1) is 12.6 Å². The van der Waals surface area contributed by atoms with Crippen LogP contribution in [0.1, 0.15) is 38.9 Å². The maximum atomic E-state index is 9.84. The predicted octanol–water partition coefficient (Wildman–Crippen LogP) is 1.47. The number of β-amino-alcohol motifs (C(OH)–C–C–N with tert-alkyl or cyclic N) is 1. The Labute approximate surface area is 108 Å². The average molecular weight is 253 g/mol. The highest BCUT2D eigenvalue weighted by molar-refractivity contribution is 4.89. The van der Waals surface area contributed by atoms with Crippen LogP contribution in [0.15, 0.2) is 4.52 Å². The zero-order valence-corrected chi connectivity index (χ0v) is 11.5. The van der Waals surface area contributed by atoms with E-state index in [2.05, 4.69) is 35.8 Å². The number of hydrogen-bond acceptors (Lipinski definition) is 5. The topological polar surface area (TPSA) is 62.4 Å². The van der Waals surface area contributed by atoms with Crippen LogP contribution in [0, 0.1) is 11.8 Å². The Balaban J connectivity index is 1.87. The Hall–Kier alpha value is -0.940.